The Kier molecular flexibility index (Phi) is 7.11. The number of aromatic nitrogens is 4. The lowest BCUT2D eigenvalue weighted by Crippen LogP contribution is -2.32. The van der Waals surface area contributed by atoms with Gasteiger partial charge in [-0.25, -0.2) is 15.0 Å². The summed E-state index contributed by atoms with van der Waals surface area (Å²) >= 11 is 0. The summed E-state index contributed by atoms with van der Waals surface area (Å²) in [6.45, 7) is 0.555. The van der Waals surface area contributed by atoms with Gasteiger partial charge in [-0.05, 0) is 61.4 Å². The van der Waals surface area contributed by atoms with E-state index in [2.05, 4.69) is 20.3 Å². The second kappa shape index (κ2) is 10.5. The number of nitrogens with zero attached hydrogens (tertiary/aromatic N) is 5. The Balaban J connectivity index is 1.50. The van der Waals surface area contributed by atoms with Gasteiger partial charge in [0.2, 0.25) is 0 Å². The number of nitrogens with one attached hydrogen (secondary N) is 1. The molecule has 0 spiro atoms. The molecule has 0 saturated heterocycles. The Hall–Kier alpha value is -4.22. The third-order valence-corrected chi connectivity index (χ3v) is 6.35. The summed E-state index contributed by atoms with van der Waals surface area (Å²) in [6.07, 6.45) is -3.25. The predicted molar refractivity (Wildman–Crippen MR) is 133 cm³/mol. The molecule has 1 aliphatic rings. The van der Waals surface area contributed by atoms with E-state index in [-0.39, 0.29) is 12.4 Å². The molecule has 1 aliphatic heterocycles. The molecule has 202 valence electrons. The van der Waals surface area contributed by atoms with E-state index in [0.29, 0.717) is 54.4 Å². The van der Waals surface area contributed by atoms with Gasteiger partial charge in [-0.2, -0.15) is 26.3 Å². The van der Waals surface area contributed by atoms with Crippen molar-refractivity contribution < 1.29 is 26.3 Å². The summed E-state index contributed by atoms with van der Waals surface area (Å²) < 4.78 is 80.0. The van der Waals surface area contributed by atoms with E-state index >= 15 is 0 Å². The van der Waals surface area contributed by atoms with E-state index in [9.17, 15) is 26.3 Å². The monoisotopic (exact) mass is 544 g/mol. The van der Waals surface area contributed by atoms with E-state index in [0.717, 1.165) is 23.8 Å². The topological polar surface area (TPSA) is 66.8 Å². The molecule has 0 saturated carbocycles. The molecule has 0 unspecified atom stereocenters. The molecule has 4 aromatic rings. The highest BCUT2D eigenvalue weighted by atomic mass is 19.4. The fraction of sp³-hybridized carbons (Fsp3) is 0.259. The van der Waals surface area contributed by atoms with Crippen LogP contribution in [-0.2, 0) is 25.2 Å². The van der Waals surface area contributed by atoms with Gasteiger partial charge in [0, 0.05) is 54.9 Å². The van der Waals surface area contributed by atoms with Gasteiger partial charge in [0.15, 0.2) is 5.82 Å². The first-order chi connectivity index (χ1) is 18.6. The van der Waals surface area contributed by atoms with Crippen LogP contribution in [0.2, 0.25) is 0 Å². The number of hydrogen-bond acceptors (Lipinski definition) is 6. The molecule has 0 bridgehead atoms. The van der Waals surface area contributed by atoms with Gasteiger partial charge in [0.05, 0.1) is 16.8 Å². The van der Waals surface area contributed by atoms with Crippen molar-refractivity contribution in [2.24, 2.45) is 0 Å². The average molecular weight is 545 g/mol. The molecule has 0 radical (unpaired) electrons. The van der Waals surface area contributed by atoms with Crippen molar-refractivity contribution in [1.82, 2.24) is 19.9 Å². The summed E-state index contributed by atoms with van der Waals surface area (Å²) in [7, 11) is 0. The van der Waals surface area contributed by atoms with Gasteiger partial charge in [0.1, 0.15) is 11.6 Å². The Morgan fingerprint density at radius 2 is 1.56 bits per heavy atom. The highest BCUT2D eigenvalue weighted by Crippen LogP contribution is 2.36. The SMILES string of the molecule is FC(F)(F)c1ccc(Nc2nc(-c3cccnc3)nc3c2CCCN(c2ncccc2C(F)(F)F)CC3)cc1. The largest absolute Gasteiger partial charge is 0.419 e. The molecule has 3 aromatic heterocycles. The smallest absolute Gasteiger partial charge is 0.356 e. The fourth-order valence-electron chi connectivity index (χ4n) is 4.49. The molecule has 1 N–H and O–H groups in total. The zero-order valence-electron chi connectivity index (χ0n) is 20.4. The summed E-state index contributed by atoms with van der Waals surface area (Å²) in [5.74, 6) is 0.649. The van der Waals surface area contributed by atoms with Crippen molar-refractivity contribution in [3.63, 3.8) is 0 Å². The van der Waals surface area contributed by atoms with Gasteiger partial charge in [-0.15, -0.1) is 0 Å². The minimum absolute atomic E-state index is 0.127. The third kappa shape index (κ3) is 5.94. The van der Waals surface area contributed by atoms with Crippen molar-refractivity contribution in [3.05, 3.63) is 89.5 Å². The Morgan fingerprint density at radius 1 is 0.795 bits per heavy atom. The standard InChI is InChI=1S/C27H22F6N6/c28-26(29,30)18-7-9-19(10-8-18)36-24-20-5-3-14-39(25-21(27(31,32)33)6-2-13-35-25)15-11-22(20)37-23(38-24)17-4-1-12-34-16-17/h1-2,4,6-10,12-13,16H,3,5,11,14-15H2,(H,36,37,38). The van der Waals surface area contributed by atoms with Crippen LogP contribution in [0.4, 0.5) is 43.7 Å². The number of anilines is 3. The van der Waals surface area contributed by atoms with Crippen LogP contribution in [0.1, 0.15) is 28.8 Å². The van der Waals surface area contributed by atoms with Crippen LogP contribution in [0.3, 0.4) is 0 Å². The Morgan fingerprint density at radius 3 is 2.26 bits per heavy atom. The van der Waals surface area contributed by atoms with Crippen LogP contribution in [0.15, 0.2) is 67.1 Å². The Labute approximate surface area is 219 Å². The summed E-state index contributed by atoms with van der Waals surface area (Å²) in [5, 5.41) is 3.13. The second-order valence-corrected chi connectivity index (χ2v) is 8.98. The zero-order valence-corrected chi connectivity index (χ0v) is 20.4. The lowest BCUT2D eigenvalue weighted by atomic mass is 10.0. The maximum Gasteiger partial charge on any atom is 0.419 e. The van der Waals surface area contributed by atoms with E-state index in [1.54, 1.807) is 29.4 Å². The molecule has 0 fully saturated rings. The zero-order chi connectivity index (χ0) is 27.6. The van der Waals surface area contributed by atoms with Crippen LogP contribution < -0.4 is 10.2 Å². The van der Waals surface area contributed by atoms with Crippen LogP contribution in [0.25, 0.3) is 11.4 Å². The predicted octanol–water partition coefficient (Wildman–Crippen LogP) is 6.71. The van der Waals surface area contributed by atoms with E-state index in [4.69, 9.17) is 4.98 Å². The van der Waals surface area contributed by atoms with Crippen molar-refractivity contribution in [2.75, 3.05) is 23.3 Å². The van der Waals surface area contributed by atoms with Crippen molar-refractivity contribution >= 4 is 17.3 Å². The summed E-state index contributed by atoms with van der Waals surface area (Å²) in [4.78, 5) is 19.1. The van der Waals surface area contributed by atoms with Gasteiger partial charge in [-0.3, -0.25) is 4.98 Å². The highest BCUT2D eigenvalue weighted by Gasteiger charge is 2.36. The highest BCUT2D eigenvalue weighted by molar-refractivity contribution is 5.65. The molecule has 0 atom stereocenters. The van der Waals surface area contributed by atoms with Crippen molar-refractivity contribution in [3.8, 4) is 11.4 Å². The molecule has 5 rings (SSSR count). The van der Waals surface area contributed by atoms with Crippen LogP contribution in [0.5, 0.6) is 0 Å². The number of halogens is 6. The van der Waals surface area contributed by atoms with Gasteiger partial charge >= 0.3 is 12.4 Å². The molecule has 39 heavy (non-hydrogen) atoms. The molecule has 12 heteroatoms. The third-order valence-electron chi connectivity index (χ3n) is 6.35. The molecular weight excluding hydrogens is 522 g/mol. The minimum Gasteiger partial charge on any atom is -0.356 e. The maximum atomic E-state index is 13.7. The maximum absolute atomic E-state index is 13.7. The van der Waals surface area contributed by atoms with Crippen molar-refractivity contribution in [1.29, 1.82) is 0 Å². The first-order valence-electron chi connectivity index (χ1n) is 12.1. The molecular formula is C27H22F6N6. The van der Waals surface area contributed by atoms with E-state index in [1.807, 2.05) is 0 Å². The first-order valence-corrected chi connectivity index (χ1v) is 12.1. The number of alkyl halides is 6. The lowest BCUT2D eigenvalue weighted by molar-refractivity contribution is -0.138. The number of pyridine rings is 2. The number of hydrogen-bond donors (Lipinski definition) is 1. The van der Waals surface area contributed by atoms with Crippen LogP contribution in [0, 0.1) is 0 Å². The molecule has 1 aromatic carbocycles. The second-order valence-electron chi connectivity index (χ2n) is 8.98. The van der Waals surface area contributed by atoms with Crippen molar-refractivity contribution in [2.45, 2.75) is 31.6 Å². The van der Waals surface area contributed by atoms with Gasteiger partial charge in [-0.1, -0.05) is 0 Å². The molecule has 4 heterocycles. The average Bonchev–Trinajstić information content (AvgIpc) is 2.89. The normalized spacial score (nSPS) is 14.4. The fourth-order valence-corrected chi connectivity index (χ4v) is 4.49. The molecule has 0 aliphatic carbocycles. The minimum atomic E-state index is -4.54. The van der Waals surface area contributed by atoms with Gasteiger partial charge in [0.25, 0.3) is 0 Å². The first kappa shape index (κ1) is 26.4. The lowest BCUT2D eigenvalue weighted by Gasteiger charge is -2.29. The molecule has 0 amide bonds. The summed E-state index contributed by atoms with van der Waals surface area (Å²) in [5.41, 5.74) is 0.864. The summed E-state index contributed by atoms with van der Waals surface area (Å²) in [6, 6.07) is 10.4. The Bertz CT molecular complexity index is 1440. The number of benzene rings is 1. The van der Waals surface area contributed by atoms with Crippen LogP contribution >= 0.6 is 0 Å². The van der Waals surface area contributed by atoms with Crippen LogP contribution in [-0.4, -0.2) is 33.0 Å². The number of fused-ring (bicyclic) bond motifs is 1. The van der Waals surface area contributed by atoms with E-state index in [1.165, 1.54) is 24.4 Å². The number of rotatable bonds is 4. The quantitative estimate of drug-likeness (QED) is 0.288. The molecule has 6 nitrogen and oxygen atoms in total. The van der Waals surface area contributed by atoms with E-state index < -0.39 is 23.5 Å². The van der Waals surface area contributed by atoms with Gasteiger partial charge < -0.3 is 10.2 Å².